The molecule has 0 radical (unpaired) electrons. The molecule has 0 spiro atoms. The summed E-state index contributed by atoms with van der Waals surface area (Å²) in [5.41, 5.74) is -0.955. The van der Waals surface area contributed by atoms with Gasteiger partial charge in [0.15, 0.2) is 0 Å². The van der Waals surface area contributed by atoms with Crippen LogP contribution >= 0.6 is 0 Å². The molecule has 0 aliphatic rings. The van der Waals surface area contributed by atoms with Crippen LogP contribution in [0.15, 0.2) is 23.0 Å². The topological polar surface area (TPSA) is 34.9 Å². The second-order valence-electron chi connectivity index (χ2n) is 3.87. The maximum atomic E-state index is 12.6. The van der Waals surface area contributed by atoms with E-state index in [2.05, 4.69) is 4.98 Å². The zero-order chi connectivity index (χ0) is 12.8. The predicted molar refractivity (Wildman–Crippen MR) is 60.4 cm³/mol. The Bertz CT molecular complexity index is 648. The Hall–Kier alpha value is -1.79. The third-order valence-electron chi connectivity index (χ3n) is 2.70. The minimum atomic E-state index is -5.10. The second kappa shape index (κ2) is 3.61. The molecule has 1 heterocycles. The van der Waals surface area contributed by atoms with Crippen LogP contribution in [0.1, 0.15) is 5.82 Å². The number of benzene rings is 1. The van der Waals surface area contributed by atoms with Crippen LogP contribution in [0.25, 0.3) is 10.9 Å². The average molecular weight is 241 g/mol. The van der Waals surface area contributed by atoms with Crippen LogP contribution in [0.2, 0.25) is 0 Å². The largest absolute Gasteiger partial charge is 0.509 e. The van der Waals surface area contributed by atoms with E-state index in [0.717, 1.165) is 12.1 Å². The number of nitrogens with zero attached hydrogens (tertiary/aromatic N) is 2. The fourth-order valence-corrected chi connectivity index (χ4v) is 1.60. The second-order valence-corrected chi connectivity index (χ2v) is 3.87. The van der Waals surface area contributed by atoms with Crippen LogP contribution in [0, 0.1) is 6.92 Å². The van der Waals surface area contributed by atoms with Crippen molar-refractivity contribution < 1.29 is 12.9 Å². The van der Waals surface area contributed by atoms with Gasteiger partial charge in [0.05, 0.1) is 10.9 Å². The molecular formula is C10H9BF3N2O-. The zero-order valence-electron chi connectivity index (χ0n) is 9.25. The molecule has 0 aliphatic carbocycles. The number of aromatic nitrogens is 2. The summed E-state index contributed by atoms with van der Waals surface area (Å²) >= 11 is 0. The van der Waals surface area contributed by atoms with E-state index in [1.165, 1.54) is 17.7 Å². The van der Waals surface area contributed by atoms with Crippen molar-refractivity contribution in [3.8, 4) is 0 Å². The van der Waals surface area contributed by atoms with Gasteiger partial charge in [-0.1, -0.05) is 12.1 Å². The van der Waals surface area contributed by atoms with Crippen LogP contribution in [-0.2, 0) is 7.05 Å². The number of hydrogen-bond donors (Lipinski definition) is 0. The van der Waals surface area contributed by atoms with E-state index in [1.54, 1.807) is 6.92 Å². The van der Waals surface area contributed by atoms with Gasteiger partial charge in [-0.05, 0) is 13.0 Å². The zero-order valence-corrected chi connectivity index (χ0v) is 9.25. The van der Waals surface area contributed by atoms with E-state index in [1.807, 2.05) is 0 Å². The van der Waals surface area contributed by atoms with Gasteiger partial charge in [-0.25, -0.2) is 4.98 Å². The summed E-state index contributed by atoms with van der Waals surface area (Å²) in [6.45, 7) is -3.47. The van der Waals surface area contributed by atoms with Crippen molar-refractivity contribution in [2.75, 3.05) is 0 Å². The van der Waals surface area contributed by atoms with Gasteiger partial charge in [-0.3, -0.25) is 9.36 Å². The first-order valence-electron chi connectivity index (χ1n) is 4.98. The highest BCUT2D eigenvalue weighted by atomic mass is 19.4. The third-order valence-corrected chi connectivity index (χ3v) is 2.70. The van der Waals surface area contributed by atoms with Gasteiger partial charge in [-0.15, -0.1) is 5.46 Å². The number of fused-ring (bicyclic) bond motifs is 1. The van der Waals surface area contributed by atoms with E-state index in [0.29, 0.717) is 5.82 Å². The molecule has 0 saturated heterocycles. The Morgan fingerprint density at radius 1 is 1.29 bits per heavy atom. The van der Waals surface area contributed by atoms with Gasteiger partial charge in [0.2, 0.25) is 0 Å². The van der Waals surface area contributed by atoms with E-state index >= 15 is 0 Å². The lowest BCUT2D eigenvalue weighted by Gasteiger charge is -2.15. The minimum Gasteiger partial charge on any atom is -0.445 e. The highest BCUT2D eigenvalue weighted by Gasteiger charge is 2.25. The summed E-state index contributed by atoms with van der Waals surface area (Å²) in [4.78, 5) is 15.9. The molecule has 2 aromatic rings. The summed E-state index contributed by atoms with van der Waals surface area (Å²) in [5, 5.41) is -0.00481. The quantitative estimate of drug-likeness (QED) is 0.705. The summed E-state index contributed by atoms with van der Waals surface area (Å²) < 4.78 is 38.9. The molecule has 17 heavy (non-hydrogen) atoms. The number of halogens is 3. The van der Waals surface area contributed by atoms with Crippen molar-refractivity contribution >= 4 is 23.3 Å². The first-order chi connectivity index (χ1) is 7.80. The molecule has 0 saturated carbocycles. The Labute approximate surface area is 95.0 Å². The molecule has 0 amide bonds. The van der Waals surface area contributed by atoms with Gasteiger partial charge < -0.3 is 12.9 Å². The fraction of sp³-hybridized carbons (Fsp3) is 0.200. The predicted octanol–water partition coefficient (Wildman–Crippen LogP) is 1.30. The molecule has 0 N–H and O–H groups in total. The molecular weight excluding hydrogens is 232 g/mol. The van der Waals surface area contributed by atoms with E-state index in [9.17, 15) is 17.7 Å². The Morgan fingerprint density at radius 2 is 1.94 bits per heavy atom. The lowest BCUT2D eigenvalue weighted by molar-refractivity contribution is 0.501. The van der Waals surface area contributed by atoms with Crippen LogP contribution in [0.4, 0.5) is 12.9 Å². The highest BCUT2D eigenvalue weighted by Crippen LogP contribution is 2.12. The molecule has 0 aliphatic heterocycles. The van der Waals surface area contributed by atoms with Crippen molar-refractivity contribution in [1.82, 2.24) is 9.55 Å². The van der Waals surface area contributed by atoms with Gasteiger partial charge >= 0.3 is 6.98 Å². The number of aryl methyl sites for hydroxylation is 1. The monoisotopic (exact) mass is 241 g/mol. The maximum absolute atomic E-state index is 12.6. The molecule has 1 aromatic carbocycles. The van der Waals surface area contributed by atoms with E-state index in [-0.39, 0.29) is 10.9 Å². The molecule has 3 nitrogen and oxygen atoms in total. The molecule has 0 atom stereocenters. The first kappa shape index (κ1) is 11.7. The Morgan fingerprint density at radius 3 is 2.53 bits per heavy atom. The SMILES string of the molecule is Cc1nc2ccc([B-](F)(F)F)cc2c(=O)n1C. The molecule has 0 bridgehead atoms. The Balaban J connectivity index is 2.83. The van der Waals surface area contributed by atoms with E-state index in [4.69, 9.17) is 0 Å². The fourth-order valence-electron chi connectivity index (χ4n) is 1.60. The van der Waals surface area contributed by atoms with Crippen molar-refractivity contribution in [1.29, 1.82) is 0 Å². The van der Waals surface area contributed by atoms with Crippen LogP contribution in [0.5, 0.6) is 0 Å². The van der Waals surface area contributed by atoms with Gasteiger partial charge in [-0.2, -0.15) is 0 Å². The highest BCUT2D eigenvalue weighted by molar-refractivity contribution is 6.73. The smallest absolute Gasteiger partial charge is 0.445 e. The van der Waals surface area contributed by atoms with Crippen LogP contribution in [-0.4, -0.2) is 16.5 Å². The number of rotatable bonds is 1. The third kappa shape index (κ3) is 1.92. The maximum Gasteiger partial charge on any atom is 0.509 e. The summed E-state index contributed by atoms with van der Waals surface area (Å²) in [6.07, 6.45) is 0. The van der Waals surface area contributed by atoms with Crippen molar-refractivity contribution in [2.24, 2.45) is 7.05 Å². The molecule has 0 fully saturated rings. The normalized spacial score (nSPS) is 12.1. The average Bonchev–Trinajstić information content (AvgIpc) is 2.24. The van der Waals surface area contributed by atoms with Crippen molar-refractivity contribution in [3.63, 3.8) is 0 Å². The standard InChI is InChI=1S/C10H9BF3N2O/c1-6-15-9-4-3-7(11(12,13)14)5-8(9)10(17)16(6)2/h3-5H,1-2H3/q-1. The molecule has 0 unspecified atom stereocenters. The number of hydrogen-bond acceptors (Lipinski definition) is 2. The van der Waals surface area contributed by atoms with Crippen LogP contribution < -0.4 is 11.0 Å². The van der Waals surface area contributed by atoms with Gasteiger partial charge in [0, 0.05) is 7.05 Å². The van der Waals surface area contributed by atoms with E-state index < -0.39 is 18.0 Å². The molecule has 2 rings (SSSR count). The summed E-state index contributed by atoms with van der Waals surface area (Å²) in [6, 6.07) is 3.05. The lowest BCUT2D eigenvalue weighted by Crippen LogP contribution is -2.34. The lowest BCUT2D eigenvalue weighted by atomic mass is 9.80. The Kier molecular flexibility index (Phi) is 2.48. The molecule has 90 valence electrons. The van der Waals surface area contributed by atoms with Gasteiger partial charge in [0.1, 0.15) is 5.82 Å². The van der Waals surface area contributed by atoms with Crippen LogP contribution in [0.3, 0.4) is 0 Å². The minimum absolute atomic E-state index is 0.00481. The van der Waals surface area contributed by atoms with Crippen molar-refractivity contribution in [3.05, 3.63) is 34.4 Å². The van der Waals surface area contributed by atoms with Gasteiger partial charge in [0.25, 0.3) is 5.56 Å². The first-order valence-corrected chi connectivity index (χ1v) is 4.98. The molecule has 7 heteroatoms. The molecule has 1 aromatic heterocycles. The summed E-state index contributed by atoms with van der Waals surface area (Å²) in [5.74, 6) is 0.466. The summed E-state index contributed by atoms with van der Waals surface area (Å²) in [7, 11) is 1.48. The van der Waals surface area contributed by atoms with Crippen molar-refractivity contribution in [2.45, 2.75) is 6.92 Å².